The Morgan fingerprint density at radius 3 is 1.98 bits per heavy atom. The Morgan fingerprint density at radius 1 is 0.725 bits per heavy atom. The number of halogens is 10. The molecule has 4 unspecified atom stereocenters. The molecule has 102 heavy (non-hydrogen) atoms. The minimum Gasteiger partial charge on any atom is -0.481 e. The number of anilines is 4. The minimum atomic E-state index is -3.86. The minimum absolute atomic E-state index is 0.00211. The van der Waals surface area contributed by atoms with Gasteiger partial charge in [0.15, 0.2) is 34.1 Å². The molecule has 34 heteroatoms. The number of rotatable bonds is 18. The molecule has 0 aliphatic carbocycles. The van der Waals surface area contributed by atoms with E-state index in [0.29, 0.717) is 45.2 Å². The summed E-state index contributed by atoms with van der Waals surface area (Å²) in [7, 11) is -2.11. The lowest BCUT2D eigenvalue weighted by Gasteiger charge is -2.21. The van der Waals surface area contributed by atoms with Crippen molar-refractivity contribution in [2.24, 2.45) is 10.1 Å². The average Bonchev–Trinajstić information content (AvgIpc) is 1.52. The van der Waals surface area contributed by atoms with Gasteiger partial charge < -0.3 is 30.2 Å². The number of amidine groups is 2. The molecule has 6 N–H and O–H groups in total. The van der Waals surface area contributed by atoms with Gasteiger partial charge in [-0.1, -0.05) is 186 Å². The number of carbonyl (C=O) groups is 5. The Morgan fingerprint density at radius 2 is 1.36 bits per heavy atom. The van der Waals surface area contributed by atoms with Gasteiger partial charge >= 0.3 is 5.97 Å². The maximum Gasteiger partial charge on any atom is 0.341 e. The van der Waals surface area contributed by atoms with Gasteiger partial charge in [0.1, 0.15) is 33.5 Å². The number of aromatic amines is 1. The van der Waals surface area contributed by atoms with Gasteiger partial charge in [0.05, 0.1) is 58.0 Å². The van der Waals surface area contributed by atoms with Crippen molar-refractivity contribution < 1.29 is 46.6 Å². The van der Waals surface area contributed by atoms with Gasteiger partial charge in [-0.25, -0.2) is 28.2 Å². The summed E-state index contributed by atoms with van der Waals surface area (Å²) in [4.78, 5) is 72.4. The molecule has 9 aromatic rings. The number of hydrazine groups is 1. The molecule has 7 aromatic carbocycles. The van der Waals surface area contributed by atoms with E-state index in [2.05, 4.69) is 67.3 Å². The largest absolute Gasteiger partial charge is 0.481 e. The smallest absolute Gasteiger partial charge is 0.341 e. The van der Waals surface area contributed by atoms with Crippen LogP contribution in [0, 0.1) is 34.6 Å². The highest BCUT2D eigenvalue weighted by atomic mass is 79.9. The van der Waals surface area contributed by atoms with Crippen LogP contribution in [0.4, 0.5) is 28.4 Å². The predicted molar refractivity (Wildman–Crippen MR) is 406 cm³/mol. The lowest BCUT2D eigenvalue weighted by molar-refractivity contribution is -0.127. The highest BCUT2D eigenvalue weighted by Crippen LogP contribution is 2.48. The van der Waals surface area contributed by atoms with Crippen LogP contribution in [0.2, 0.25) is 45.2 Å². The fourth-order valence-corrected chi connectivity index (χ4v) is 13.6. The molecule has 534 valence electrons. The van der Waals surface area contributed by atoms with Crippen molar-refractivity contribution in [3.05, 3.63) is 211 Å². The third kappa shape index (κ3) is 18.1. The SMILES string of the molecule is CCOC(=O)c1c(Cl)c(Cl)c(N2NC(=Nc3cc(NC)ccc3Cl)C(Oc3ccc(C)cc3)C2=O)c(Cl)c1Cl.Cc1ccc(OC(C)C(=O)NCC(C)c2nc3c(Cl)c(C)[nH]n3n2)c(C)c1.Cc1ccc(S(=O)(=O)Nc2cccc(C(=O)NC3=NN(c4c(Cl)cc(Cl)cc4Cl)C(=O)C3Br)c2)cc1. The number of hydrogen-bond donors (Lipinski definition) is 6. The number of amides is 4. The molecule has 0 spiro atoms. The number of fused-ring (bicyclic) bond motifs is 1. The second-order valence-electron chi connectivity index (χ2n) is 22.8. The standard InChI is InChI=1S/C26H21Cl5N4O4.C23H16BrCl3N4O4S.C19H24ClN5O2/c1-4-38-26(37)17-18(28)20(30)22(21(31)19(17)29)35-25(36)23(39-14-8-5-12(2)6-9-14)24(34-35)33-16-11-13(32-3)7-10-15(16)27;1-12-5-7-16(8-6-12)36(34,35)30-15-4-2-3-13(9-15)22(32)28-21-19(24)23(33)31(29-21)20-17(26)10-14(25)11-18(20)27;1-10-6-7-15(11(2)8-10)27-14(5)19(26)21-9-12(3)17-22-18-16(20)13(4)23-25(18)24-17/h5-11,23,32H,4H2,1-3H3,(H,33,34);2-11,19,30H,1H3,(H,28,29,32);6-8,12,14,23H,9H2,1-5H3,(H,21,26). The third-order valence-electron chi connectivity index (χ3n) is 15.1. The number of nitrogens with one attached hydrogen (secondary N) is 6. The maximum atomic E-state index is 13.8. The van der Waals surface area contributed by atoms with E-state index in [9.17, 15) is 32.4 Å². The number of H-pyrrole nitrogens is 1. The third-order valence-corrected chi connectivity index (χ3v) is 20.6. The van der Waals surface area contributed by atoms with Crippen LogP contribution in [-0.4, -0.2) is 107 Å². The Labute approximate surface area is 639 Å². The highest BCUT2D eigenvalue weighted by Gasteiger charge is 2.44. The van der Waals surface area contributed by atoms with Crippen molar-refractivity contribution in [1.29, 1.82) is 0 Å². The lowest BCUT2D eigenvalue weighted by atomic mass is 10.1. The van der Waals surface area contributed by atoms with Crippen molar-refractivity contribution in [3.8, 4) is 11.5 Å². The quantitative estimate of drug-likeness (QED) is 0.0265. The number of hydrazone groups is 1. The first-order valence-corrected chi connectivity index (χ1v) is 36.4. The van der Waals surface area contributed by atoms with Crippen LogP contribution in [0.25, 0.3) is 5.65 Å². The lowest BCUT2D eigenvalue weighted by Crippen LogP contribution is -2.38. The second-order valence-corrected chi connectivity index (χ2v) is 29.0. The van der Waals surface area contributed by atoms with Crippen molar-refractivity contribution in [1.82, 2.24) is 35.9 Å². The molecule has 0 bridgehead atoms. The average molecular weight is 1650 g/mol. The number of alkyl halides is 1. The van der Waals surface area contributed by atoms with Crippen LogP contribution in [0.1, 0.15) is 81.2 Å². The molecule has 23 nitrogen and oxygen atoms in total. The fraction of sp³-hybridized carbons (Fsp3) is 0.221. The van der Waals surface area contributed by atoms with Crippen LogP contribution < -0.4 is 45.6 Å². The number of hydrogen-bond acceptors (Lipinski definition) is 15. The number of nitrogens with zero attached hydrogens (tertiary/aromatic N) is 7. The molecule has 0 radical (unpaired) electrons. The molecular weight excluding hydrogens is 1590 g/mol. The fourth-order valence-electron chi connectivity index (χ4n) is 9.71. The van der Waals surface area contributed by atoms with Gasteiger partial charge in [0, 0.05) is 41.5 Å². The summed E-state index contributed by atoms with van der Waals surface area (Å²) in [6, 6.07) is 33.2. The Kier molecular flexibility index (Phi) is 25.7. The van der Waals surface area contributed by atoms with Crippen LogP contribution in [-0.2, 0) is 29.1 Å². The summed E-state index contributed by atoms with van der Waals surface area (Å²) in [5, 5.41) is 22.5. The van der Waals surface area contributed by atoms with Gasteiger partial charge in [-0.2, -0.15) is 9.64 Å². The molecule has 11 rings (SSSR count). The van der Waals surface area contributed by atoms with E-state index in [4.69, 9.17) is 119 Å². The number of carbonyl (C=O) groups excluding carboxylic acids is 5. The van der Waals surface area contributed by atoms with E-state index >= 15 is 0 Å². The number of benzene rings is 7. The van der Waals surface area contributed by atoms with Crippen LogP contribution in [0.3, 0.4) is 0 Å². The predicted octanol–water partition coefficient (Wildman–Crippen LogP) is 16.4. The van der Waals surface area contributed by atoms with E-state index < -0.39 is 50.7 Å². The van der Waals surface area contributed by atoms with Gasteiger partial charge in [-0.05, 0) is 133 Å². The number of sulfonamides is 1. The van der Waals surface area contributed by atoms with Crippen LogP contribution in [0.15, 0.2) is 136 Å². The van der Waals surface area contributed by atoms with E-state index in [-0.39, 0.29) is 98.3 Å². The zero-order chi connectivity index (χ0) is 74.3. The van der Waals surface area contributed by atoms with Gasteiger partial charge in [0.2, 0.25) is 6.10 Å². The van der Waals surface area contributed by atoms with Crippen molar-refractivity contribution in [3.63, 3.8) is 0 Å². The van der Waals surface area contributed by atoms with Crippen molar-refractivity contribution >= 4 is 206 Å². The Balaban J connectivity index is 0.000000181. The number of aliphatic imine (C=N–C) groups is 1. The number of esters is 1. The van der Waals surface area contributed by atoms with Gasteiger partial charge in [0.25, 0.3) is 33.7 Å². The van der Waals surface area contributed by atoms with Crippen molar-refractivity contribution in [2.75, 3.05) is 40.3 Å². The zero-order valence-electron chi connectivity index (χ0n) is 55.2. The molecule has 2 aliphatic rings. The normalized spacial score (nSPS) is 15.2. The summed E-state index contributed by atoms with van der Waals surface area (Å²) >= 11 is 60.0. The molecule has 1 saturated heterocycles. The van der Waals surface area contributed by atoms with Gasteiger partial charge in [-0.15, -0.1) is 10.2 Å². The highest BCUT2D eigenvalue weighted by molar-refractivity contribution is 9.10. The molecule has 4 heterocycles. The first-order chi connectivity index (χ1) is 48.3. The molecule has 0 saturated carbocycles. The molecule has 1 fully saturated rings. The number of aryl methyl sites for hydroxylation is 5. The topological polar surface area (TPSA) is 285 Å². The zero-order valence-corrected chi connectivity index (χ0v) is 64.4. The first-order valence-electron chi connectivity index (χ1n) is 30.6. The maximum absolute atomic E-state index is 13.8. The summed E-state index contributed by atoms with van der Waals surface area (Å²) < 4.78 is 46.2. The summed E-state index contributed by atoms with van der Waals surface area (Å²) in [6.45, 7) is 15.4. The van der Waals surface area contributed by atoms with Crippen LogP contribution >= 0.6 is 120 Å². The van der Waals surface area contributed by atoms with E-state index in [0.717, 1.165) is 43.7 Å². The van der Waals surface area contributed by atoms with E-state index in [1.807, 2.05) is 71.9 Å². The second kappa shape index (κ2) is 33.6. The Bertz CT molecular complexity index is 4880. The summed E-state index contributed by atoms with van der Waals surface area (Å²) in [5.41, 5.74) is 9.63. The monoisotopic (exact) mass is 1650 g/mol. The summed E-state index contributed by atoms with van der Waals surface area (Å²) in [5.74, 6) is -1.00. The number of ether oxygens (including phenoxy) is 3. The van der Waals surface area contributed by atoms with Crippen molar-refractivity contribution in [2.45, 2.75) is 83.2 Å². The number of aromatic nitrogens is 4. The molecular formula is C68H61BrCl9N13O10S. The van der Waals surface area contributed by atoms with Gasteiger partial charge in [-0.3, -0.25) is 34.4 Å². The summed E-state index contributed by atoms with van der Waals surface area (Å²) in [6.07, 6.45) is -1.85. The van der Waals surface area contributed by atoms with E-state index in [1.165, 1.54) is 48.5 Å². The van der Waals surface area contributed by atoms with E-state index in [1.54, 1.807) is 68.0 Å². The van der Waals surface area contributed by atoms with Crippen LogP contribution in [0.5, 0.6) is 11.5 Å². The Hall–Kier alpha value is -8.05. The molecule has 2 aromatic heterocycles. The first kappa shape index (κ1) is 78.1. The molecule has 2 aliphatic heterocycles. The molecule has 4 atom stereocenters. The molecule has 4 amide bonds.